The molecule has 2 aliphatic rings. The molecule has 0 aliphatic carbocycles. The number of nitrogens with zero attached hydrogens (tertiary/aromatic N) is 7. The fourth-order valence-electron chi connectivity index (χ4n) is 4.89. The molecule has 7 atom stereocenters. The first kappa shape index (κ1) is 30.7. The van der Waals surface area contributed by atoms with Gasteiger partial charge in [0.1, 0.15) is 36.8 Å². The molecule has 2 fully saturated rings. The van der Waals surface area contributed by atoms with Crippen LogP contribution in [-0.2, 0) is 27.8 Å². The van der Waals surface area contributed by atoms with Crippen LogP contribution in [0.1, 0.15) is 44.5 Å². The zero-order valence-corrected chi connectivity index (χ0v) is 24.6. The van der Waals surface area contributed by atoms with Crippen LogP contribution in [-0.4, -0.2) is 95.1 Å². The molecule has 5 rings (SSSR count). The SMILES string of the molecule is CC[C@H]1O[C@@H](n2cnc(N)nc2=O)C[C@H]1OP(=O)(O)OC[C@H]1O[C@@H](n2cnc3c(=O)[nH]c(C)nc32)C[C@H]1OC(=O)N(C)C. The van der Waals surface area contributed by atoms with Crippen LogP contribution >= 0.6 is 7.82 Å². The zero-order valence-electron chi connectivity index (χ0n) is 23.7. The number of nitrogens with one attached hydrogen (secondary N) is 1. The van der Waals surface area contributed by atoms with Gasteiger partial charge in [-0.2, -0.15) is 4.98 Å². The van der Waals surface area contributed by atoms with Gasteiger partial charge in [0.05, 0.1) is 25.1 Å². The Morgan fingerprint density at radius 3 is 2.51 bits per heavy atom. The van der Waals surface area contributed by atoms with E-state index in [2.05, 4.69) is 24.9 Å². The number of carbonyl (C=O) groups is 1. The van der Waals surface area contributed by atoms with Gasteiger partial charge in [-0.25, -0.2) is 29.1 Å². The number of fused-ring (bicyclic) bond motifs is 1. The summed E-state index contributed by atoms with van der Waals surface area (Å²) in [6, 6.07) is 0. The van der Waals surface area contributed by atoms with Crippen molar-refractivity contribution < 1.29 is 37.5 Å². The van der Waals surface area contributed by atoms with E-state index < -0.39 is 68.6 Å². The van der Waals surface area contributed by atoms with E-state index in [4.69, 9.17) is 29.0 Å². The van der Waals surface area contributed by atoms with Crippen LogP contribution in [0.3, 0.4) is 0 Å². The average Bonchev–Trinajstić information content (AvgIpc) is 3.64. The molecule has 4 N–H and O–H groups in total. The number of rotatable bonds is 9. The van der Waals surface area contributed by atoms with Gasteiger partial charge in [-0.05, 0) is 13.3 Å². The minimum absolute atomic E-state index is 0.0317. The number of anilines is 1. The number of phosphoric acid groups is 1. The molecule has 1 amide bonds. The number of amides is 1. The number of aromatic amines is 1. The number of hydrogen-bond acceptors (Lipinski definition) is 14. The molecule has 43 heavy (non-hydrogen) atoms. The number of ether oxygens (including phenoxy) is 3. The number of H-pyrrole nitrogens is 1. The van der Waals surface area contributed by atoms with Crippen molar-refractivity contribution in [3.8, 4) is 0 Å². The number of carbonyl (C=O) groups excluding carboxylic acids is 1. The first-order chi connectivity index (χ1) is 20.3. The van der Waals surface area contributed by atoms with E-state index in [0.29, 0.717) is 12.2 Å². The lowest BCUT2D eigenvalue weighted by atomic mass is 10.1. The third-order valence-electron chi connectivity index (χ3n) is 6.97. The minimum Gasteiger partial charge on any atom is -0.443 e. The van der Waals surface area contributed by atoms with Crippen LogP contribution in [0.2, 0.25) is 0 Å². The number of aromatic nitrogens is 7. The second-order valence-corrected chi connectivity index (χ2v) is 11.6. The largest absolute Gasteiger partial charge is 0.472 e. The Balaban J connectivity index is 1.29. The third kappa shape index (κ3) is 6.61. The van der Waals surface area contributed by atoms with E-state index in [1.807, 2.05) is 0 Å². The maximum atomic E-state index is 13.1. The maximum absolute atomic E-state index is 13.1. The van der Waals surface area contributed by atoms with Gasteiger partial charge < -0.3 is 34.7 Å². The summed E-state index contributed by atoms with van der Waals surface area (Å²) >= 11 is 0. The van der Waals surface area contributed by atoms with Gasteiger partial charge in [-0.3, -0.25) is 23.0 Å². The molecule has 2 aliphatic heterocycles. The van der Waals surface area contributed by atoms with Crippen molar-refractivity contribution in [1.29, 1.82) is 0 Å². The first-order valence-electron chi connectivity index (χ1n) is 13.3. The Morgan fingerprint density at radius 1 is 1.14 bits per heavy atom. The topological polar surface area (TPSA) is 241 Å². The zero-order chi connectivity index (χ0) is 31.1. The molecule has 0 radical (unpaired) electrons. The molecule has 234 valence electrons. The van der Waals surface area contributed by atoms with Crippen LogP contribution in [0.4, 0.5) is 10.7 Å². The molecule has 2 saturated heterocycles. The summed E-state index contributed by atoms with van der Waals surface area (Å²) in [5.74, 6) is 0.169. The molecule has 5 heterocycles. The van der Waals surface area contributed by atoms with Gasteiger partial charge >= 0.3 is 19.6 Å². The molecule has 0 saturated carbocycles. The summed E-state index contributed by atoms with van der Waals surface area (Å²) < 4.78 is 43.9. The molecule has 1 unspecified atom stereocenters. The fraction of sp³-hybridized carbons (Fsp3) is 0.609. The van der Waals surface area contributed by atoms with Crippen LogP contribution in [0.5, 0.6) is 0 Å². The first-order valence-corrected chi connectivity index (χ1v) is 14.8. The van der Waals surface area contributed by atoms with Gasteiger partial charge in [0, 0.05) is 26.9 Å². The van der Waals surface area contributed by atoms with Crippen molar-refractivity contribution in [3.05, 3.63) is 39.3 Å². The Hall–Kier alpha value is -3.74. The Labute approximate surface area is 243 Å². The second kappa shape index (κ2) is 12.1. The molecular formula is C23H32N9O10P. The summed E-state index contributed by atoms with van der Waals surface area (Å²) in [6.45, 7) is 2.91. The highest BCUT2D eigenvalue weighted by molar-refractivity contribution is 7.47. The summed E-state index contributed by atoms with van der Waals surface area (Å²) in [6.07, 6.45) is -2.68. The van der Waals surface area contributed by atoms with E-state index in [1.165, 1.54) is 36.2 Å². The van der Waals surface area contributed by atoms with Crippen LogP contribution in [0.15, 0.2) is 22.2 Å². The van der Waals surface area contributed by atoms with E-state index >= 15 is 0 Å². The van der Waals surface area contributed by atoms with Gasteiger partial charge in [-0.15, -0.1) is 0 Å². The summed E-state index contributed by atoms with van der Waals surface area (Å²) in [5, 5.41) is 0. The highest BCUT2D eigenvalue weighted by Gasteiger charge is 2.44. The lowest BCUT2D eigenvalue weighted by Gasteiger charge is -2.23. The standard InChI is InChI=1S/C23H32N9O10P/c1-5-12-14(7-17(39-12)32-10-26-21(24)29-22(32)34)42-43(36,37)38-8-15-13(41-23(35)30(3)4)6-16(40-15)31-9-25-18-19(31)27-11(2)28-20(18)33/h9-10,12-17H,5-8H2,1-4H3,(H,36,37)(H2,24,29,34)(H,27,28,33)/t12-,13-,14-,15-,16-,17-/m1/s1. The van der Waals surface area contributed by atoms with Crippen molar-refractivity contribution in [2.75, 3.05) is 26.4 Å². The quantitative estimate of drug-likeness (QED) is 0.269. The Kier molecular flexibility index (Phi) is 8.64. The number of nitrogens with two attached hydrogens (primary N) is 1. The highest BCUT2D eigenvalue weighted by atomic mass is 31.2. The van der Waals surface area contributed by atoms with Crippen molar-refractivity contribution in [2.24, 2.45) is 0 Å². The van der Waals surface area contributed by atoms with Crippen LogP contribution < -0.4 is 17.0 Å². The smallest absolute Gasteiger partial charge is 0.443 e. The molecule has 0 bridgehead atoms. The summed E-state index contributed by atoms with van der Waals surface area (Å²) in [7, 11) is -1.71. The van der Waals surface area contributed by atoms with Crippen molar-refractivity contribution >= 4 is 31.0 Å². The molecule has 19 nitrogen and oxygen atoms in total. The molecule has 3 aromatic rings. The molecule has 3 aromatic heterocycles. The van der Waals surface area contributed by atoms with Crippen molar-refractivity contribution in [2.45, 2.75) is 70.0 Å². The summed E-state index contributed by atoms with van der Waals surface area (Å²) in [4.78, 5) is 67.1. The van der Waals surface area contributed by atoms with Crippen molar-refractivity contribution in [1.82, 2.24) is 39.0 Å². The van der Waals surface area contributed by atoms with Gasteiger partial charge in [0.25, 0.3) is 5.56 Å². The van der Waals surface area contributed by atoms with E-state index in [-0.39, 0.29) is 30.0 Å². The number of phosphoric ester groups is 1. The number of imidazole rings is 1. The average molecular weight is 626 g/mol. The molecule has 20 heteroatoms. The molecule has 0 spiro atoms. The number of aryl methyl sites for hydroxylation is 1. The molecule has 0 aromatic carbocycles. The van der Waals surface area contributed by atoms with Crippen LogP contribution in [0, 0.1) is 6.92 Å². The Morgan fingerprint density at radius 2 is 1.81 bits per heavy atom. The van der Waals surface area contributed by atoms with Gasteiger partial charge in [0.15, 0.2) is 11.2 Å². The van der Waals surface area contributed by atoms with E-state index in [1.54, 1.807) is 13.8 Å². The van der Waals surface area contributed by atoms with E-state index in [9.17, 15) is 23.8 Å². The molecular weight excluding hydrogens is 593 g/mol. The van der Waals surface area contributed by atoms with Gasteiger partial charge in [-0.1, -0.05) is 6.92 Å². The lowest BCUT2D eigenvalue weighted by molar-refractivity contribution is -0.0533. The maximum Gasteiger partial charge on any atom is 0.472 e. The Bertz CT molecular complexity index is 1660. The van der Waals surface area contributed by atoms with Crippen molar-refractivity contribution in [3.63, 3.8) is 0 Å². The monoisotopic (exact) mass is 625 g/mol. The van der Waals surface area contributed by atoms with Gasteiger partial charge in [0.2, 0.25) is 5.95 Å². The third-order valence-corrected chi connectivity index (χ3v) is 7.98. The van der Waals surface area contributed by atoms with E-state index in [0.717, 1.165) is 4.57 Å². The number of hydrogen-bond donors (Lipinski definition) is 3. The highest BCUT2D eigenvalue weighted by Crippen LogP contribution is 2.49. The second-order valence-electron chi connectivity index (χ2n) is 10.2. The lowest BCUT2D eigenvalue weighted by Crippen LogP contribution is -2.35. The predicted molar refractivity (Wildman–Crippen MR) is 146 cm³/mol. The minimum atomic E-state index is -4.72. The summed E-state index contributed by atoms with van der Waals surface area (Å²) in [5.41, 5.74) is 4.69. The number of nitrogen functional groups attached to an aromatic ring is 1. The predicted octanol–water partition coefficient (Wildman–Crippen LogP) is 0.216. The van der Waals surface area contributed by atoms with Crippen LogP contribution in [0.25, 0.3) is 11.2 Å². The normalized spacial score (nSPS) is 26.9. The fourth-order valence-corrected chi connectivity index (χ4v) is 5.85.